The van der Waals surface area contributed by atoms with E-state index in [0.29, 0.717) is 21.8 Å². The number of thioether (sulfide) groups is 1. The second-order valence-corrected chi connectivity index (χ2v) is 6.83. The maximum Gasteiger partial charge on any atom is 0.277 e. The molecule has 0 radical (unpaired) electrons. The fourth-order valence-corrected chi connectivity index (χ4v) is 2.96. The Kier molecular flexibility index (Phi) is 5.40. The van der Waals surface area contributed by atoms with Gasteiger partial charge >= 0.3 is 0 Å². The van der Waals surface area contributed by atoms with Gasteiger partial charge in [0.2, 0.25) is 11.8 Å². The lowest BCUT2D eigenvalue weighted by Gasteiger charge is -2.08. The first kappa shape index (κ1) is 17.5. The van der Waals surface area contributed by atoms with Gasteiger partial charge in [-0.05, 0) is 43.7 Å². The van der Waals surface area contributed by atoms with Crippen molar-refractivity contribution in [1.82, 2.24) is 10.2 Å². The summed E-state index contributed by atoms with van der Waals surface area (Å²) in [7, 11) is 0. The van der Waals surface area contributed by atoms with Gasteiger partial charge in [-0.1, -0.05) is 47.1 Å². The standard InChI is InChI=1S/C18H16ClN3O2S/c1-11-5-3-6-13(9-11)17-21-22-18(24-17)25-10-16(23)20-15-8-4-7-14(19)12(15)2/h3-9H,10H2,1-2H3,(H,20,23). The minimum atomic E-state index is -0.161. The van der Waals surface area contributed by atoms with Crippen molar-refractivity contribution >= 4 is 35.0 Å². The van der Waals surface area contributed by atoms with Crippen LogP contribution in [0.25, 0.3) is 11.5 Å². The smallest absolute Gasteiger partial charge is 0.277 e. The Balaban J connectivity index is 1.60. The molecule has 128 valence electrons. The molecule has 25 heavy (non-hydrogen) atoms. The molecular formula is C18H16ClN3O2S. The molecule has 7 heteroatoms. The lowest BCUT2D eigenvalue weighted by molar-refractivity contribution is -0.113. The summed E-state index contributed by atoms with van der Waals surface area (Å²) in [5, 5.41) is 11.8. The number of halogens is 1. The summed E-state index contributed by atoms with van der Waals surface area (Å²) in [6, 6.07) is 13.2. The molecule has 1 amide bonds. The number of hydrogen-bond donors (Lipinski definition) is 1. The molecule has 2 aromatic carbocycles. The van der Waals surface area contributed by atoms with E-state index in [0.717, 1.165) is 16.7 Å². The van der Waals surface area contributed by atoms with Gasteiger partial charge in [0.15, 0.2) is 0 Å². The zero-order valence-electron chi connectivity index (χ0n) is 13.7. The predicted molar refractivity (Wildman–Crippen MR) is 100 cm³/mol. The lowest BCUT2D eigenvalue weighted by atomic mass is 10.1. The van der Waals surface area contributed by atoms with Gasteiger partial charge in [-0.3, -0.25) is 4.79 Å². The van der Waals surface area contributed by atoms with Crippen molar-refractivity contribution in [2.75, 3.05) is 11.1 Å². The predicted octanol–water partition coefficient (Wildman–Crippen LogP) is 4.74. The highest BCUT2D eigenvalue weighted by molar-refractivity contribution is 7.99. The van der Waals surface area contributed by atoms with E-state index in [1.165, 1.54) is 11.8 Å². The minimum Gasteiger partial charge on any atom is -0.411 e. The average Bonchev–Trinajstić information content (AvgIpc) is 3.06. The highest BCUT2D eigenvalue weighted by Gasteiger charge is 2.12. The van der Waals surface area contributed by atoms with E-state index in [4.69, 9.17) is 16.0 Å². The summed E-state index contributed by atoms with van der Waals surface area (Å²) in [6.07, 6.45) is 0. The van der Waals surface area contributed by atoms with Crippen LogP contribution in [-0.4, -0.2) is 21.9 Å². The highest BCUT2D eigenvalue weighted by atomic mass is 35.5. The van der Waals surface area contributed by atoms with Gasteiger partial charge in [0.1, 0.15) is 0 Å². The van der Waals surface area contributed by atoms with Crippen molar-refractivity contribution in [2.45, 2.75) is 19.1 Å². The van der Waals surface area contributed by atoms with E-state index >= 15 is 0 Å². The normalized spacial score (nSPS) is 10.7. The van der Waals surface area contributed by atoms with E-state index < -0.39 is 0 Å². The molecule has 0 fully saturated rings. The van der Waals surface area contributed by atoms with Crippen molar-refractivity contribution in [2.24, 2.45) is 0 Å². The Morgan fingerprint density at radius 1 is 1.20 bits per heavy atom. The van der Waals surface area contributed by atoms with Gasteiger partial charge in [-0.15, -0.1) is 10.2 Å². The molecule has 0 unspecified atom stereocenters. The third kappa shape index (κ3) is 4.41. The third-order valence-corrected chi connectivity index (χ3v) is 4.77. The second kappa shape index (κ2) is 7.72. The van der Waals surface area contributed by atoms with Crippen LogP contribution < -0.4 is 5.32 Å². The molecule has 0 spiro atoms. The largest absolute Gasteiger partial charge is 0.411 e. The number of rotatable bonds is 5. The summed E-state index contributed by atoms with van der Waals surface area (Å²) in [4.78, 5) is 12.1. The molecular weight excluding hydrogens is 358 g/mol. The molecule has 1 heterocycles. The number of aryl methyl sites for hydroxylation is 1. The minimum absolute atomic E-state index is 0.161. The number of anilines is 1. The fraction of sp³-hybridized carbons (Fsp3) is 0.167. The van der Waals surface area contributed by atoms with Crippen LogP contribution in [0.1, 0.15) is 11.1 Å². The Hall–Kier alpha value is -2.31. The van der Waals surface area contributed by atoms with Crippen LogP contribution in [0.4, 0.5) is 5.69 Å². The molecule has 3 aromatic rings. The van der Waals surface area contributed by atoms with Crippen LogP contribution in [0.2, 0.25) is 5.02 Å². The number of amides is 1. The molecule has 1 aromatic heterocycles. The van der Waals surface area contributed by atoms with Crippen LogP contribution in [-0.2, 0) is 4.79 Å². The van der Waals surface area contributed by atoms with Gasteiger partial charge in [0, 0.05) is 16.3 Å². The van der Waals surface area contributed by atoms with Crippen molar-refractivity contribution < 1.29 is 9.21 Å². The van der Waals surface area contributed by atoms with E-state index in [-0.39, 0.29) is 11.7 Å². The molecule has 0 aliphatic rings. The average molecular weight is 374 g/mol. The molecule has 5 nitrogen and oxygen atoms in total. The van der Waals surface area contributed by atoms with Crippen molar-refractivity contribution in [3.05, 3.63) is 58.6 Å². The number of nitrogens with one attached hydrogen (secondary N) is 1. The Morgan fingerprint density at radius 3 is 2.80 bits per heavy atom. The van der Waals surface area contributed by atoms with Crippen LogP contribution >= 0.6 is 23.4 Å². The SMILES string of the molecule is Cc1cccc(-c2nnc(SCC(=O)Nc3cccc(Cl)c3C)o2)c1. The van der Waals surface area contributed by atoms with E-state index in [2.05, 4.69) is 15.5 Å². The van der Waals surface area contributed by atoms with Gasteiger partial charge < -0.3 is 9.73 Å². The van der Waals surface area contributed by atoms with Gasteiger partial charge in [-0.25, -0.2) is 0 Å². The van der Waals surface area contributed by atoms with Crippen LogP contribution in [0.15, 0.2) is 52.1 Å². The third-order valence-electron chi connectivity index (χ3n) is 3.54. The highest BCUT2D eigenvalue weighted by Crippen LogP contribution is 2.25. The van der Waals surface area contributed by atoms with E-state index in [9.17, 15) is 4.79 Å². The Morgan fingerprint density at radius 2 is 2.00 bits per heavy atom. The number of carbonyl (C=O) groups excluding carboxylic acids is 1. The first-order chi connectivity index (χ1) is 12.0. The maximum atomic E-state index is 12.1. The second-order valence-electron chi connectivity index (χ2n) is 5.49. The molecule has 0 atom stereocenters. The maximum absolute atomic E-state index is 12.1. The summed E-state index contributed by atoms with van der Waals surface area (Å²) in [5.41, 5.74) is 3.51. The summed E-state index contributed by atoms with van der Waals surface area (Å²) >= 11 is 7.24. The van der Waals surface area contributed by atoms with Crippen molar-refractivity contribution in [3.63, 3.8) is 0 Å². The molecule has 0 saturated carbocycles. The summed E-state index contributed by atoms with van der Waals surface area (Å²) in [5.74, 6) is 0.449. The monoisotopic (exact) mass is 373 g/mol. The fourth-order valence-electron chi connectivity index (χ4n) is 2.22. The zero-order chi connectivity index (χ0) is 17.8. The first-order valence-electron chi connectivity index (χ1n) is 7.61. The lowest BCUT2D eigenvalue weighted by Crippen LogP contribution is -2.14. The summed E-state index contributed by atoms with van der Waals surface area (Å²) in [6.45, 7) is 3.86. The molecule has 1 N–H and O–H groups in total. The quantitative estimate of drug-likeness (QED) is 0.654. The number of nitrogens with zero attached hydrogens (tertiary/aromatic N) is 2. The van der Waals surface area contributed by atoms with E-state index in [1.807, 2.05) is 44.2 Å². The van der Waals surface area contributed by atoms with Gasteiger partial charge in [0.25, 0.3) is 5.22 Å². The topological polar surface area (TPSA) is 68.0 Å². The van der Waals surface area contributed by atoms with Crippen molar-refractivity contribution in [1.29, 1.82) is 0 Å². The molecule has 0 bridgehead atoms. The number of hydrogen-bond acceptors (Lipinski definition) is 5. The number of carbonyl (C=O) groups is 1. The van der Waals surface area contributed by atoms with Gasteiger partial charge in [0.05, 0.1) is 5.75 Å². The molecule has 0 saturated heterocycles. The Labute approximate surface area is 154 Å². The van der Waals surface area contributed by atoms with Crippen LogP contribution in [0.5, 0.6) is 0 Å². The van der Waals surface area contributed by atoms with Crippen molar-refractivity contribution in [3.8, 4) is 11.5 Å². The zero-order valence-corrected chi connectivity index (χ0v) is 15.3. The Bertz CT molecular complexity index is 911. The molecule has 3 rings (SSSR count). The van der Waals surface area contributed by atoms with E-state index in [1.54, 1.807) is 12.1 Å². The van der Waals surface area contributed by atoms with Crippen LogP contribution in [0.3, 0.4) is 0 Å². The summed E-state index contributed by atoms with van der Waals surface area (Å²) < 4.78 is 5.61. The molecule has 0 aliphatic heterocycles. The first-order valence-corrected chi connectivity index (χ1v) is 8.97. The van der Waals surface area contributed by atoms with Gasteiger partial charge in [-0.2, -0.15) is 0 Å². The number of aromatic nitrogens is 2. The van der Waals surface area contributed by atoms with Crippen LogP contribution in [0, 0.1) is 13.8 Å². The number of benzene rings is 2. The molecule has 0 aliphatic carbocycles.